The van der Waals surface area contributed by atoms with Crippen molar-refractivity contribution in [1.82, 2.24) is 5.48 Å². The summed E-state index contributed by atoms with van der Waals surface area (Å²) in [5, 5.41) is 8.74. The van der Waals surface area contributed by atoms with Crippen molar-refractivity contribution in [2.45, 2.75) is 26.3 Å². The number of methoxy groups -OCH3 is 2. The molecule has 0 heterocycles. The summed E-state index contributed by atoms with van der Waals surface area (Å²) in [7, 11) is 3.26. The van der Waals surface area contributed by atoms with E-state index < -0.39 is 0 Å². The highest BCUT2D eigenvalue weighted by molar-refractivity contribution is 5.47. The number of ether oxygens (including phenoxy) is 2. The lowest BCUT2D eigenvalue weighted by atomic mass is 9.99. The molecule has 0 saturated heterocycles. The van der Waals surface area contributed by atoms with Crippen LogP contribution in [0.25, 0.3) is 0 Å². The van der Waals surface area contributed by atoms with Gasteiger partial charge in [0, 0.05) is 17.7 Å². The smallest absolute Gasteiger partial charge is 0.123 e. The number of hydrogen-bond donors (Lipinski definition) is 2. The van der Waals surface area contributed by atoms with Gasteiger partial charge in [-0.25, -0.2) is 5.48 Å². The Kier molecular flexibility index (Phi) is 4.58. The maximum atomic E-state index is 8.74. The van der Waals surface area contributed by atoms with Crippen LogP contribution in [0.2, 0.25) is 0 Å². The molecule has 1 aromatic rings. The van der Waals surface area contributed by atoms with Crippen molar-refractivity contribution in [2.75, 3.05) is 14.2 Å². The summed E-state index contributed by atoms with van der Waals surface area (Å²) < 4.78 is 10.6. The molecule has 90 valence electrons. The Labute approximate surface area is 96.1 Å². The molecule has 1 rings (SSSR count). The van der Waals surface area contributed by atoms with Gasteiger partial charge in [0.25, 0.3) is 0 Å². The van der Waals surface area contributed by atoms with E-state index in [4.69, 9.17) is 14.7 Å². The van der Waals surface area contributed by atoms with Crippen LogP contribution in [-0.4, -0.2) is 19.4 Å². The third-order valence-corrected chi connectivity index (χ3v) is 2.52. The number of hydroxylamine groups is 1. The number of rotatable bonds is 5. The Hall–Kier alpha value is -1.26. The van der Waals surface area contributed by atoms with Crippen molar-refractivity contribution in [3.05, 3.63) is 23.3 Å². The predicted octanol–water partition coefficient (Wildman–Crippen LogP) is 2.31. The standard InChI is InChI=1S/C12H19NO3/c1-8(2)10-6-11(15-3)9(7-13-14)5-12(10)16-4/h5-6,8,13-14H,7H2,1-4H3. The molecule has 0 saturated carbocycles. The SMILES string of the molecule is COc1cc(C(C)C)c(OC)cc1CNO. The maximum Gasteiger partial charge on any atom is 0.123 e. The molecule has 0 spiro atoms. The zero-order valence-corrected chi connectivity index (χ0v) is 10.2. The maximum absolute atomic E-state index is 8.74. The van der Waals surface area contributed by atoms with Gasteiger partial charge in [0.15, 0.2) is 0 Å². The summed E-state index contributed by atoms with van der Waals surface area (Å²) >= 11 is 0. The lowest BCUT2D eigenvalue weighted by molar-refractivity contribution is 0.160. The number of benzene rings is 1. The summed E-state index contributed by atoms with van der Waals surface area (Å²) in [6.07, 6.45) is 0. The summed E-state index contributed by atoms with van der Waals surface area (Å²) in [5.74, 6) is 1.94. The summed E-state index contributed by atoms with van der Waals surface area (Å²) in [6.45, 7) is 4.53. The highest BCUT2D eigenvalue weighted by Gasteiger charge is 2.13. The zero-order chi connectivity index (χ0) is 12.1. The van der Waals surface area contributed by atoms with Gasteiger partial charge in [-0.15, -0.1) is 0 Å². The molecule has 4 nitrogen and oxygen atoms in total. The molecule has 0 aliphatic carbocycles. The quantitative estimate of drug-likeness (QED) is 0.755. The zero-order valence-electron chi connectivity index (χ0n) is 10.2. The topological polar surface area (TPSA) is 50.7 Å². The average Bonchev–Trinajstić information content (AvgIpc) is 2.28. The van der Waals surface area contributed by atoms with Crippen LogP contribution in [0.5, 0.6) is 11.5 Å². The molecule has 0 bridgehead atoms. The van der Waals surface area contributed by atoms with Gasteiger partial charge >= 0.3 is 0 Å². The highest BCUT2D eigenvalue weighted by atomic mass is 16.5. The van der Waals surface area contributed by atoms with E-state index in [0.29, 0.717) is 12.5 Å². The Balaban J connectivity index is 3.22. The monoisotopic (exact) mass is 225 g/mol. The molecular weight excluding hydrogens is 206 g/mol. The van der Waals surface area contributed by atoms with Crippen LogP contribution in [-0.2, 0) is 6.54 Å². The van der Waals surface area contributed by atoms with E-state index >= 15 is 0 Å². The van der Waals surface area contributed by atoms with Gasteiger partial charge in [-0.2, -0.15) is 0 Å². The van der Waals surface area contributed by atoms with Gasteiger partial charge < -0.3 is 14.7 Å². The van der Waals surface area contributed by atoms with Crippen molar-refractivity contribution in [3.8, 4) is 11.5 Å². The second kappa shape index (κ2) is 5.72. The number of nitrogens with one attached hydrogen (secondary N) is 1. The van der Waals surface area contributed by atoms with E-state index in [-0.39, 0.29) is 0 Å². The molecule has 0 aliphatic rings. The van der Waals surface area contributed by atoms with Crippen LogP contribution < -0.4 is 15.0 Å². The molecule has 2 N–H and O–H groups in total. The van der Waals surface area contributed by atoms with Crippen molar-refractivity contribution >= 4 is 0 Å². The van der Waals surface area contributed by atoms with Crippen molar-refractivity contribution < 1.29 is 14.7 Å². The fourth-order valence-electron chi connectivity index (χ4n) is 1.66. The van der Waals surface area contributed by atoms with Gasteiger partial charge in [-0.05, 0) is 18.1 Å². The lowest BCUT2D eigenvalue weighted by Gasteiger charge is -2.16. The van der Waals surface area contributed by atoms with Crippen molar-refractivity contribution in [1.29, 1.82) is 0 Å². The Morgan fingerprint density at radius 3 is 2.25 bits per heavy atom. The lowest BCUT2D eigenvalue weighted by Crippen LogP contribution is -2.08. The van der Waals surface area contributed by atoms with Crippen molar-refractivity contribution in [3.63, 3.8) is 0 Å². The normalized spacial score (nSPS) is 10.6. The highest BCUT2D eigenvalue weighted by Crippen LogP contribution is 2.33. The van der Waals surface area contributed by atoms with Gasteiger partial charge in [0.05, 0.1) is 14.2 Å². The number of hydrogen-bond acceptors (Lipinski definition) is 4. The summed E-state index contributed by atoms with van der Waals surface area (Å²) in [4.78, 5) is 0. The fraction of sp³-hybridized carbons (Fsp3) is 0.500. The first kappa shape index (κ1) is 12.8. The first-order valence-electron chi connectivity index (χ1n) is 5.25. The molecular formula is C12H19NO3. The minimum Gasteiger partial charge on any atom is -0.496 e. The predicted molar refractivity (Wildman–Crippen MR) is 62.3 cm³/mol. The van der Waals surface area contributed by atoms with Crippen LogP contribution in [0, 0.1) is 0 Å². The van der Waals surface area contributed by atoms with Gasteiger partial charge in [0.2, 0.25) is 0 Å². The van der Waals surface area contributed by atoms with Crippen LogP contribution >= 0.6 is 0 Å². The second-order valence-electron chi connectivity index (χ2n) is 3.90. The minimum absolute atomic E-state index is 0.331. The van der Waals surface area contributed by atoms with E-state index in [2.05, 4.69) is 19.3 Å². The molecule has 4 heteroatoms. The van der Waals surface area contributed by atoms with E-state index in [1.165, 1.54) is 0 Å². The van der Waals surface area contributed by atoms with Gasteiger partial charge in [0.1, 0.15) is 11.5 Å². The van der Waals surface area contributed by atoms with Crippen LogP contribution in [0.3, 0.4) is 0 Å². The molecule has 0 radical (unpaired) electrons. The third kappa shape index (κ3) is 2.65. The van der Waals surface area contributed by atoms with Crippen LogP contribution in [0.1, 0.15) is 30.9 Å². The molecule has 0 fully saturated rings. The molecule has 0 unspecified atom stereocenters. The van der Waals surface area contributed by atoms with Gasteiger partial charge in [-0.1, -0.05) is 13.8 Å². The molecule has 0 atom stereocenters. The van der Waals surface area contributed by atoms with Crippen molar-refractivity contribution in [2.24, 2.45) is 0 Å². The minimum atomic E-state index is 0.331. The van der Waals surface area contributed by atoms with E-state index in [9.17, 15) is 0 Å². The molecule has 16 heavy (non-hydrogen) atoms. The van der Waals surface area contributed by atoms with Gasteiger partial charge in [-0.3, -0.25) is 0 Å². The summed E-state index contributed by atoms with van der Waals surface area (Å²) in [6, 6.07) is 3.84. The van der Waals surface area contributed by atoms with E-state index in [1.54, 1.807) is 14.2 Å². The Bertz CT molecular complexity index is 350. The third-order valence-electron chi connectivity index (χ3n) is 2.52. The van der Waals surface area contributed by atoms with Crippen LogP contribution in [0.15, 0.2) is 12.1 Å². The summed E-state index contributed by atoms with van der Waals surface area (Å²) in [5.41, 5.74) is 4.09. The van der Waals surface area contributed by atoms with E-state index in [0.717, 1.165) is 22.6 Å². The first-order valence-corrected chi connectivity index (χ1v) is 5.25. The fourth-order valence-corrected chi connectivity index (χ4v) is 1.66. The van der Waals surface area contributed by atoms with Crippen LogP contribution in [0.4, 0.5) is 0 Å². The Morgan fingerprint density at radius 1 is 1.19 bits per heavy atom. The molecule has 0 aliphatic heterocycles. The molecule has 1 aromatic carbocycles. The molecule has 0 aromatic heterocycles. The molecule has 0 amide bonds. The van der Waals surface area contributed by atoms with E-state index in [1.807, 2.05) is 12.1 Å². The first-order chi connectivity index (χ1) is 7.63. The second-order valence-corrected chi connectivity index (χ2v) is 3.90. The average molecular weight is 225 g/mol. The Morgan fingerprint density at radius 2 is 1.81 bits per heavy atom. The largest absolute Gasteiger partial charge is 0.496 e.